The van der Waals surface area contributed by atoms with Crippen molar-refractivity contribution in [2.75, 3.05) is 13.1 Å². The van der Waals surface area contributed by atoms with Gasteiger partial charge in [-0.25, -0.2) is 0 Å². The van der Waals surface area contributed by atoms with Gasteiger partial charge in [-0.1, -0.05) is 0 Å². The summed E-state index contributed by atoms with van der Waals surface area (Å²) in [5.74, 6) is -0.382. The summed E-state index contributed by atoms with van der Waals surface area (Å²) in [6.45, 7) is 1.54. The Kier molecular flexibility index (Phi) is 2.26. The van der Waals surface area contributed by atoms with Crippen molar-refractivity contribution in [3.8, 4) is 0 Å². The van der Waals surface area contributed by atoms with Crippen molar-refractivity contribution in [3.63, 3.8) is 0 Å². The van der Waals surface area contributed by atoms with Crippen molar-refractivity contribution in [2.24, 2.45) is 0 Å². The predicted molar refractivity (Wildman–Crippen MR) is 43.9 cm³/mol. The van der Waals surface area contributed by atoms with Crippen LogP contribution in [0.1, 0.15) is 23.9 Å². The fourth-order valence-electron chi connectivity index (χ4n) is 1.62. The number of rotatable bonds is 1. The summed E-state index contributed by atoms with van der Waals surface area (Å²) in [7, 11) is 0. The van der Waals surface area contributed by atoms with Gasteiger partial charge in [-0.05, 0) is 25.1 Å². The van der Waals surface area contributed by atoms with E-state index >= 15 is 0 Å². The third kappa shape index (κ3) is 1.77. The molecule has 0 bridgehead atoms. The van der Waals surface area contributed by atoms with E-state index in [1.807, 2.05) is 0 Å². The van der Waals surface area contributed by atoms with Gasteiger partial charge in [0.15, 0.2) is 0 Å². The van der Waals surface area contributed by atoms with E-state index in [1.54, 1.807) is 0 Å². The highest BCUT2D eigenvalue weighted by Crippen LogP contribution is 2.33. The molecule has 2 heterocycles. The molecule has 1 fully saturated rings. The third-order valence-corrected chi connectivity index (χ3v) is 2.37. The Morgan fingerprint density at radius 1 is 1.36 bits per heavy atom. The van der Waals surface area contributed by atoms with Crippen LogP contribution in [0.5, 0.6) is 0 Å². The maximum Gasteiger partial charge on any atom is 0.449 e. The summed E-state index contributed by atoms with van der Waals surface area (Å²) in [5, 5.41) is 3.08. The van der Waals surface area contributed by atoms with Crippen LogP contribution in [0.2, 0.25) is 0 Å². The van der Waals surface area contributed by atoms with Gasteiger partial charge in [0.2, 0.25) is 5.76 Å². The molecule has 1 aromatic heterocycles. The monoisotopic (exact) mass is 205 g/mol. The normalized spacial score (nSPS) is 22.9. The van der Waals surface area contributed by atoms with Crippen LogP contribution in [-0.2, 0) is 6.18 Å². The first-order valence-electron chi connectivity index (χ1n) is 4.45. The van der Waals surface area contributed by atoms with Crippen molar-refractivity contribution >= 4 is 0 Å². The zero-order valence-corrected chi connectivity index (χ0v) is 7.40. The Hall–Kier alpha value is -0.970. The van der Waals surface area contributed by atoms with E-state index in [-0.39, 0.29) is 5.92 Å². The summed E-state index contributed by atoms with van der Waals surface area (Å²) in [6.07, 6.45) is -3.53. The van der Waals surface area contributed by atoms with Crippen molar-refractivity contribution in [1.29, 1.82) is 0 Å². The quantitative estimate of drug-likeness (QED) is 0.761. The maximum absolute atomic E-state index is 12.2. The number of halogens is 3. The molecule has 0 saturated carbocycles. The summed E-state index contributed by atoms with van der Waals surface area (Å²) < 4.78 is 41.3. The standard InChI is InChI=1S/C9H10F3NO/c10-9(11,12)8-2-1-7(14-8)6-3-4-13-5-6/h1-2,6,13H,3-5H2. The molecule has 1 aromatic rings. The molecule has 0 aliphatic carbocycles. The van der Waals surface area contributed by atoms with Gasteiger partial charge in [-0.2, -0.15) is 13.2 Å². The maximum atomic E-state index is 12.2. The molecule has 1 aliphatic rings. The Balaban J connectivity index is 2.17. The molecular weight excluding hydrogens is 195 g/mol. The molecule has 0 radical (unpaired) electrons. The Bertz CT molecular complexity index is 312. The van der Waals surface area contributed by atoms with E-state index in [9.17, 15) is 13.2 Å². The zero-order chi connectivity index (χ0) is 10.2. The minimum absolute atomic E-state index is 0.0890. The van der Waals surface area contributed by atoms with Crippen LogP contribution in [0.4, 0.5) is 13.2 Å². The van der Waals surface area contributed by atoms with E-state index in [0.717, 1.165) is 19.0 Å². The molecule has 0 spiro atoms. The van der Waals surface area contributed by atoms with Crippen molar-refractivity contribution in [3.05, 3.63) is 23.7 Å². The predicted octanol–water partition coefficient (Wildman–Crippen LogP) is 2.38. The summed E-state index contributed by atoms with van der Waals surface area (Å²) in [6, 6.07) is 2.41. The molecule has 2 nitrogen and oxygen atoms in total. The molecule has 0 amide bonds. The first-order chi connectivity index (χ1) is 6.57. The zero-order valence-electron chi connectivity index (χ0n) is 7.40. The van der Waals surface area contributed by atoms with Crippen molar-refractivity contribution in [1.82, 2.24) is 5.32 Å². The fourth-order valence-corrected chi connectivity index (χ4v) is 1.62. The molecule has 1 aliphatic heterocycles. The first-order valence-corrected chi connectivity index (χ1v) is 4.45. The highest BCUT2D eigenvalue weighted by Gasteiger charge is 2.35. The van der Waals surface area contributed by atoms with Gasteiger partial charge in [-0.3, -0.25) is 0 Å². The second kappa shape index (κ2) is 3.31. The molecule has 1 atom stereocenters. The molecule has 14 heavy (non-hydrogen) atoms. The molecule has 1 N–H and O–H groups in total. The average Bonchev–Trinajstić information content (AvgIpc) is 2.73. The van der Waals surface area contributed by atoms with Gasteiger partial charge >= 0.3 is 6.18 Å². The molecule has 5 heteroatoms. The van der Waals surface area contributed by atoms with Crippen LogP contribution >= 0.6 is 0 Å². The summed E-state index contributed by atoms with van der Waals surface area (Å²) >= 11 is 0. The van der Waals surface area contributed by atoms with E-state index in [4.69, 9.17) is 4.42 Å². The van der Waals surface area contributed by atoms with Gasteiger partial charge < -0.3 is 9.73 Å². The lowest BCUT2D eigenvalue weighted by molar-refractivity contribution is -0.153. The number of hydrogen-bond acceptors (Lipinski definition) is 2. The van der Waals surface area contributed by atoms with E-state index < -0.39 is 11.9 Å². The lowest BCUT2D eigenvalue weighted by atomic mass is 10.1. The lowest BCUT2D eigenvalue weighted by Gasteiger charge is -2.04. The third-order valence-electron chi connectivity index (χ3n) is 2.37. The topological polar surface area (TPSA) is 25.2 Å². The van der Waals surface area contributed by atoms with E-state index in [1.165, 1.54) is 6.07 Å². The average molecular weight is 205 g/mol. The molecular formula is C9H10F3NO. The van der Waals surface area contributed by atoms with Crippen molar-refractivity contribution in [2.45, 2.75) is 18.5 Å². The van der Waals surface area contributed by atoms with Gasteiger partial charge in [-0.15, -0.1) is 0 Å². The minimum atomic E-state index is -4.37. The number of furan rings is 1. The Labute approximate surface area is 79.1 Å². The molecule has 2 rings (SSSR count). The van der Waals surface area contributed by atoms with Gasteiger partial charge in [0, 0.05) is 12.5 Å². The smallest absolute Gasteiger partial charge is 0.449 e. The highest BCUT2D eigenvalue weighted by atomic mass is 19.4. The second-order valence-electron chi connectivity index (χ2n) is 3.39. The fraction of sp³-hybridized carbons (Fsp3) is 0.556. The van der Waals surface area contributed by atoms with Gasteiger partial charge in [0.1, 0.15) is 5.76 Å². The largest absolute Gasteiger partial charge is 0.456 e. The van der Waals surface area contributed by atoms with Gasteiger partial charge in [0.25, 0.3) is 0 Å². The van der Waals surface area contributed by atoms with Crippen LogP contribution in [-0.4, -0.2) is 13.1 Å². The number of alkyl halides is 3. The number of nitrogens with one attached hydrogen (secondary N) is 1. The van der Waals surface area contributed by atoms with Crippen LogP contribution in [0.3, 0.4) is 0 Å². The summed E-state index contributed by atoms with van der Waals surface area (Å²) in [4.78, 5) is 0. The molecule has 1 unspecified atom stereocenters. The van der Waals surface area contributed by atoms with E-state index in [0.29, 0.717) is 12.3 Å². The molecule has 1 saturated heterocycles. The van der Waals surface area contributed by atoms with Crippen molar-refractivity contribution < 1.29 is 17.6 Å². The number of hydrogen-bond donors (Lipinski definition) is 1. The second-order valence-corrected chi connectivity index (χ2v) is 3.39. The first kappa shape index (κ1) is 9.58. The lowest BCUT2D eigenvalue weighted by Crippen LogP contribution is -2.07. The van der Waals surface area contributed by atoms with Crippen LogP contribution < -0.4 is 5.32 Å². The Morgan fingerprint density at radius 3 is 2.64 bits per heavy atom. The SMILES string of the molecule is FC(F)(F)c1ccc(C2CCNC2)o1. The molecule has 78 valence electrons. The summed E-state index contributed by atoms with van der Waals surface area (Å²) in [5.41, 5.74) is 0. The Morgan fingerprint density at radius 2 is 2.14 bits per heavy atom. The van der Waals surface area contributed by atoms with Gasteiger partial charge in [0.05, 0.1) is 0 Å². The van der Waals surface area contributed by atoms with E-state index in [2.05, 4.69) is 5.32 Å². The molecule has 0 aromatic carbocycles. The van der Waals surface area contributed by atoms with Crippen LogP contribution in [0, 0.1) is 0 Å². The van der Waals surface area contributed by atoms with Crippen LogP contribution in [0.25, 0.3) is 0 Å². The minimum Gasteiger partial charge on any atom is -0.456 e. The van der Waals surface area contributed by atoms with Crippen LogP contribution in [0.15, 0.2) is 16.5 Å². The highest BCUT2D eigenvalue weighted by molar-refractivity contribution is 5.14.